The van der Waals surface area contributed by atoms with Crippen molar-refractivity contribution in [3.63, 3.8) is 0 Å². The lowest BCUT2D eigenvalue weighted by atomic mass is 10.1. The predicted octanol–water partition coefficient (Wildman–Crippen LogP) is 1.70. The second kappa shape index (κ2) is 3.70. The summed E-state index contributed by atoms with van der Waals surface area (Å²) in [6.45, 7) is 1.74. The molecule has 1 aliphatic heterocycles. The minimum atomic E-state index is 0.299. The number of hydrogen-bond acceptors (Lipinski definition) is 2. The first-order valence-corrected chi connectivity index (χ1v) is 4.34. The Morgan fingerprint density at radius 1 is 1.25 bits per heavy atom. The van der Waals surface area contributed by atoms with E-state index in [0.717, 1.165) is 13.0 Å². The van der Waals surface area contributed by atoms with Gasteiger partial charge in [0, 0.05) is 6.54 Å². The van der Waals surface area contributed by atoms with Crippen LogP contribution in [-0.4, -0.2) is 13.3 Å². The molecule has 0 spiro atoms. The van der Waals surface area contributed by atoms with E-state index >= 15 is 0 Å². The molecule has 0 aliphatic carbocycles. The molecule has 1 aliphatic rings. The summed E-state index contributed by atoms with van der Waals surface area (Å²) in [6.07, 6.45) is 1.37. The fraction of sp³-hybridized carbons (Fsp3) is 0.400. The lowest BCUT2D eigenvalue weighted by Gasteiger charge is -2.23. The molecule has 1 fully saturated rings. The molecular formula is C10H13NO. The average Bonchev–Trinajstić information content (AvgIpc) is 2.21. The van der Waals surface area contributed by atoms with E-state index in [1.807, 2.05) is 6.07 Å². The van der Waals surface area contributed by atoms with Gasteiger partial charge in [-0.15, -0.1) is 0 Å². The van der Waals surface area contributed by atoms with Gasteiger partial charge in [-0.1, -0.05) is 30.3 Å². The number of hydrogen-bond donors (Lipinski definition) is 1. The SMILES string of the molecule is c1ccc([C@H]2CCNCO2)cc1. The standard InChI is InChI=1S/C10H13NO/c1-2-4-9(5-3-1)10-6-7-11-8-12-10/h1-5,10-11H,6-8H2/t10-/m1/s1. The molecule has 1 aromatic carbocycles. The Kier molecular flexibility index (Phi) is 2.39. The van der Waals surface area contributed by atoms with Crippen molar-refractivity contribution in [3.8, 4) is 0 Å². The third-order valence-corrected chi connectivity index (χ3v) is 2.14. The quantitative estimate of drug-likeness (QED) is 0.680. The van der Waals surface area contributed by atoms with Gasteiger partial charge in [-0.25, -0.2) is 0 Å². The van der Waals surface area contributed by atoms with Gasteiger partial charge in [0.05, 0.1) is 12.8 Å². The van der Waals surface area contributed by atoms with Gasteiger partial charge in [0.25, 0.3) is 0 Å². The van der Waals surface area contributed by atoms with Crippen LogP contribution in [0.5, 0.6) is 0 Å². The molecule has 1 saturated heterocycles. The molecule has 0 unspecified atom stereocenters. The van der Waals surface area contributed by atoms with Gasteiger partial charge in [-0.3, -0.25) is 5.32 Å². The second-order valence-electron chi connectivity index (χ2n) is 3.00. The third-order valence-electron chi connectivity index (χ3n) is 2.14. The van der Waals surface area contributed by atoms with Crippen molar-refractivity contribution in [2.24, 2.45) is 0 Å². The summed E-state index contributed by atoms with van der Waals surface area (Å²) in [6, 6.07) is 10.4. The van der Waals surface area contributed by atoms with Gasteiger partial charge in [-0.2, -0.15) is 0 Å². The van der Waals surface area contributed by atoms with Crippen LogP contribution < -0.4 is 5.32 Å². The van der Waals surface area contributed by atoms with Crippen LogP contribution in [0, 0.1) is 0 Å². The van der Waals surface area contributed by atoms with Crippen molar-refractivity contribution in [2.45, 2.75) is 12.5 Å². The highest BCUT2D eigenvalue weighted by Gasteiger charge is 2.14. The Labute approximate surface area is 72.5 Å². The van der Waals surface area contributed by atoms with Crippen molar-refractivity contribution in [1.82, 2.24) is 5.32 Å². The second-order valence-corrected chi connectivity index (χ2v) is 3.00. The molecule has 64 valence electrons. The molecule has 2 nitrogen and oxygen atoms in total. The smallest absolute Gasteiger partial charge is 0.0973 e. The van der Waals surface area contributed by atoms with E-state index in [1.165, 1.54) is 5.56 Å². The summed E-state index contributed by atoms with van der Waals surface area (Å²) in [5.74, 6) is 0. The third kappa shape index (κ3) is 1.65. The van der Waals surface area contributed by atoms with Crippen molar-refractivity contribution in [2.75, 3.05) is 13.3 Å². The maximum atomic E-state index is 5.55. The Morgan fingerprint density at radius 2 is 2.08 bits per heavy atom. The summed E-state index contributed by atoms with van der Waals surface area (Å²) < 4.78 is 5.55. The van der Waals surface area contributed by atoms with Gasteiger partial charge in [0.1, 0.15) is 0 Å². The van der Waals surface area contributed by atoms with Crippen LogP contribution in [-0.2, 0) is 4.74 Å². The molecule has 1 atom stereocenters. The molecule has 1 N–H and O–H groups in total. The summed E-state index contributed by atoms with van der Waals surface area (Å²) in [4.78, 5) is 0. The summed E-state index contributed by atoms with van der Waals surface area (Å²) >= 11 is 0. The van der Waals surface area contributed by atoms with Gasteiger partial charge in [-0.05, 0) is 12.0 Å². The molecule has 0 aromatic heterocycles. The fourth-order valence-electron chi connectivity index (χ4n) is 1.48. The van der Waals surface area contributed by atoms with E-state index in [1.54, 1.807) is 0 Å². The Balaban J connectivity index is 2.08. The van der Waals surface area contributed by atoms with E-state index in [2.05, 4.69) is 29.6 Å². The first-order chi connectivity index (χ1) is 5.97. The van der Waals surface area contributed by atoms with Crippen LogP contribution in [0.3, 0.4) is 0 Å². The zero-order chi connectivity index (χ0) is 8.23. The molecule has 2 heteroatoms. The Hall–Kier alpha value is -0.860. The minimum absolute atomic E-state index is 0.299. The molecular weight excluding hydrogens is 150 g/mol. The highest BCUT2D eigenvalue weighted by Crippen LogP contribution is 2.21. The number of ether oxygens (including phenoxy) is 1. The van der Waals surface area contributed by atoms with Crippen LogP contribution in [0.4, 0.5) is 0 Å². The van der Waals surface area contributed by atoms with E-state index < -0.39 is 0 Å². The van der Waals surface area contributed by atoms with Gasteiger partial charge in [0.2, 0.25) is 0 Å². The maximum Gasteiger partial charge on any atom is 0.0973 e. The van der Waals surface area contributed by atoms with Crippen LogP contribution in [0.2, 0.25) is 0 Å². The highest BCUT2D eigenvalue weighted by atomic mass is 16.5. The van der Waals surface area contributed by atoms with Crippen molar-refractivity contribution < 1.29 is 4.74 Å². The van der Waals surface area contributed by atoms with E-state index in [0.29, 0.717) is 12.8 Å². The summed E-state index contributed by atoms with van der Waals surface area (Å²) in [7, 11) is 0. The molecule has 12 heavy (non-hydrogen) atoms. The summed E-state index contributed by atoms with van der Waals surface area (Å²) in [5.41, 5.74) is 1.29. The molecule has 0 bridgehead atoms. The maximum absolute atomic E-state index is 5.55. The number of rotatable bonds is 1. The molecule has 2 rings (SSSR count). The van der Waals surface area contributed by atoms with E-state index in [-0.39, 0.29) is 0 Å². The van der Waals surface area contributed by atoms with Crippen molar-refractivity contribution in [3.05, 3.63) is 35.9 Å². The first kappa shape index (κ1) is 7.77. The molecule has 0 radical (unpaired) electrons. The molecule has 1 aromatic rings. The van der Waals surface area contributed by atoms with E-state index in [4.69, 9.17) is 4.74 Å². The topological polar surface area (TPSA) is 21.3 Å². The van der Waals surface area contributed by atoms with Gasteiger partial charge >= 0.3 is 0 Å². The monoisotopic (exact) mass is 163 g/mol. The zero-order valence-electron chi connectivity index (χ0n) is 6.99. The first-order valence-electron chi connectivity index (χ1n) is 4.34. The number of nitrogens with one attached hydrogen (secondary N) is 1. The largest absolute Gasteiger partial charge is 0.358 e. The van der Waals surface area contributed by atoms with Gasteiger partial charge in [0.15, 0.2) is 0 Å². The Bertz CT molecular complexity index is 229. The molecule has 1 heterocycles. The zero-order valence-corrected chi connectivity index (χ0v) is 6.99. The highest BCUT2D eigenvalue weighted by molar-refractivity contribution is 5.17. The summed E-state index contributed by atoms with van der Waals surface area (Å²) in [5, 5.41) is 3.16. The van der Waals surface area contributed by atoms with Crippen LogP contribution >= 0.6 is 0 Å². The normalized spacial score (nSPS) is 23.8. The van der Waals surface area contributed by atoms with Crippen LogP contribution in [0.15, 0.2) is 30.3 Å². The minimum Gasteiger partial charge on any atom is -0.358 e. The Morgan fingerprint density at radius 3 is 2.75 bits per heavy atom. The predicted molar refractivity (Wildman–Crippen MR) is 47.8 cm³/mol. The van der Waals surface area contributed by atoms with Crippen LogP contribution in [0.1, 0.15) is 18.1 Å². The van der Waals surface area contributed by atoms with Crippen molar-refractivity contribution >= 4 is 0 Å². The molecule has 0 saturated carbocycles. The average molecular weight is 163 g/mol. The van der Waals surface area contributed by atoms with Crippen molar-refractivity contribution in [1.29, 1.82) is 0 Å². The molecule has 0 amide bonds. The fourth-order valence-corrected chi connectivity index (χ4v) is 1.48. The van der Waals surface area contributed by atoms with E-state index in [9.17, 15) is 0 Å². The lowest BCUT2D eigenvalue weighted by Crippen LogP contribution is -2.28. The van der Waals surface area contributed by atoms with Gasteiger partial charge < -0.3 is 4.74 Å². The number of benzene rings is 1. The van der Waals surface area contributed by atoms with Crippen LogP contribution in [0.25, 0.3) is 0 Å². The lowest BCUT2D eigenvalue weighted by molar-refractivity contribution is 0.00609.